The van der Waals surface area contributed by atoms with Crippen LogP contribution in [0.3, 0.4) is 0 Å². The molecule has 0 spiro atoms. The molecule has 5 nitrogen and oxygen atoms in total. The van der Waals surface area contributed by atoms with Crippen molar-refractivity contribution < 1.29 is 0 Å². The van der Waals surface area contributed by atoms with E-state index in [1.54, 1.807) is 0 Å². The number of nitrogens with one attached hydrogen (secondary N) is 2. The number of hydrogen-bond acceptors (Lipinski definition) is 5. The van der Waals surface area contributed by atoms with E-state index in [9.17, 15) is 4.79 Å². The maximum absolute atomic E-state index is 11.9. The number of aromatic amines is 1. The van der Waals surface area contributed by atoms with E-state index in [1.807, 2.05) is 11.4 Å². The molecular formula is C15H22N4OS. The predicted octanol–water partition coefficient (Wildman–Crippen LogP) is 1.81. The molecule has 0 aliphatic carbocycles. The number of piperidine rings is 1. The summed E-state index contributed by atoms with van der Waals surface area (Å²) in [6.07, 6.45) is 2.42. The van der Waals surface area contributed by atoms with Gasteiger partial charge in [0.05, 0.1) is 12.1 Å². The molecule has 0 saturated carbocycles. The van der Waals surface area contributed by atoms with Gasteiger partial charge in [-0.15, -0.1) is 11.3 Å². The largest absolute Gasteiger partial charge is 0.309 e. The van der Waals surface area contributed by atoms with Crippen LogP contribution >= 0.6 is 11.3 Å². The van der Waals surface area contributed by atoms with Crippen LogP contribution in [0, 0.1) is 5.41 Å². The molecule has 21 heavy (non-hydrogen) atoms. The summed E-state index contributed by atoms with van der Waals surface area (Å²) in [7, 11) is 2.18. The molecule has 2 aromatic rings. The molecule has 0 bridgehead atoms. The highest BCUT2D eigenvalue weighted by molar-refractivity contribution is 7.17. The zero-order chi connectivity index (χ0) is 14.9. The minimum atomic E-state index is -0.0303. The maximum Gasteiger partial charge on any atom is 0.268 e. The zero-order valence-corrected chi connectivity index (χ0v) is 13.4. The topological polar surface area (TPSA) is 61.0 Å². The second-order valence-corrected chi connectivity index (χ2v) is 7.28. The molecule has 3 rings (SSSR count). The van der Waals surface area contributed by atoms with E-state index in [0.717, 1.165) is 31.0 Å². The van der Waals surface area contributed by atoms with E-state index in [2.05, 4.69) is 34.2 Å². The van der Waals surface area contributed by atoms with Gasteiger partial charge in [0, 0.05) is 6.54 Å². The Bertz CT molecular complexity index is 670. The summed E-state index contributed by atoms with van der Waals surface area (Å²) in [5.41, 5.74) is 1.11. The van der Waals surface area contributed by atoms with Crippen LogP contribution in [0.5, 0.6) is 0 Å². The second kappa shape index (κ2) is 5.87. The van der Waals surface area contributed by atoms with Gasteiger partial charge in [0.15, 0.2) is 0 Å². The molecular weight excluding hydrogens is 284 g/mol. The Labute approximate surface area is 128 Å². The van der Waals surface area contributed by atoms with E-state index in [-0.39, 0.29) is 5.56 Å². The Hall–Kier alpha value is -1.24. The van der Waals surface area contributed by atoms with Gasteiger partial charge < -0.3 is 15.2 Å². The number of fused-ring (bicyclic) bond motifs is 1. The van der Waals surface area contributed by atoms with Gasteiger partial charge in [0.2, 0.25) is 0 Å². The molecule has 1 fully saturated rings. The van der Waals surface area contributed by atoms with Crippen molar-refractivity contribution in [3.8, 4) is 0 Å². The lowest BCUT2D eigenvalue weighted by Gasteiger charge is -2.38. The number of H-pyrrole nitrogens is 1. The molecule has 0 aromatic carbocycles. The van der Waals surface area contributed by atoms with Crippen LogP contribution in [-0.4, -0.2) is 41.5 Å². The average Bonchev–Trinajstić information content (AvgIpc) is 2.91. The van der Waals surface area contributed by atoms with Crippen molar-refractivity contribution in [2.75, 3.05) is 26.7 Å². The van der Waals surface area contributed by atoms with Gasteiger partial charge in [-0.3, -0.25) is 4.79 Å². The van der Waals surface area contributed by atoms with Crippen molar-refractivity contribution >= 4 is 21.6 Å². The van der Waals surface area contributed by atoms with Crippen LogP contribution in [0.15, 0.2) is 16.2 Å². The minimum Gasteiger partial charge on any atom is -0.309 e. The average molecular weight is 306 g/mol. The molecule has 0 amide bonds. The van der Waals surface area contributed by atoms with E-state index >= 15 is 0 Å². The third kappa shape index (κ3) is 3.33. The molecule has 6 heteroatoms. The van der Waals surface area contributed by atoms with Crippen molar-refractivity contribution in [2.45, 2.75) is 26.3 Å². The Morgan fingerprint density at radius 1 is 1.48 bits per heavy atom. The molecule has 114 valence electrons. The first kappa shape index (κ1) is 14.7. The lowest BCUT2D eigenvalue weighted by Crippen LogP contribution is -2.42. The van der Waals surface area contributed by atoms with E-state index in [0.29, 0.717) is 16.7 Å². The summed E-state index contributed by atoms with van der Waals surface area (Å²) < 4.78 is 0.709. The SMILES string of the molecule is CN1CCC(C)(CNCc2nc3ccsc3c(=O)[nH]2)CC1. The van der Waals surface area contributed by atoms with Crippen molar-refractivity contribution in [1.29, 1.82) is 0 Å². The summed E-state index contributed by atoms with van der Waals surface area (Å²) in [4.78, 5) is 21.7. The Kier molecular flexibility index (Phi) is 4.10. The maximum atomic E-state index is 11.9. The highest BCUT2D eigenvalue weighted by atomic mass is 32.1. The van der Waals surface area contributed by atoms with Gasteiger partial charge in [0.25, 0.3) is 5.56 Å². The molecule has 1 aliphatic rings. The van der Waals surface area contributed by atoms with Crippen LogP contribution in [0.2, 0.25) is 0 Å². The second-order valence-electron chi connectivity index (χ2n) is 6.37. The molecule has 2 aromatic heterocycles. The quantitative estimate of drug-likeness (QED) is 0.904. The monoisotopic (exact) mass is 306 g/mol. The van der Waals surface area contributed by atoms with Gasteiger partial charge in [0.1, 0.15) is 10.5 Å². The van der Waals surface area contributed by atoms with Crippen LogP contribution in [0.1, 0.15) is 25.6 Å². The van der Waals surface area contributed by atoms with Gasteiger partial charge in [-0.1, -0.05) is 6.92 Å². The smallest absolute Gasteiger partial charge is 0.268 e. The molecule has 3 heterocycles. The zero-order valence-electron chi connectivity index (χ0n) is 12.6. The lowest BCUT2D eigenvalue weighted by molar-refractivity contribution is 0.136. The Morgan fingerprint density at radius 2 is 2.24 bits per heavy atom. The van der Waals surface area contributed by atoms with Crippen molar-refractivity contribution in [3.63, 3.8) is 0 Å². The van der Waals surface area contributed by atoms with Gasteiger partial charge in [-0.25, -0.2) is 4.98 Å². The fourth-order valence-corrected chi connectivity index (χ4v) is 3.55. The third-order valence-electron chi connectivity index (χ3n) is 4.40. The lowest BCUT2D eigenvalue weighted by atomic mass is 9.80. The standard InChI is InChI=1S/C15H22N4OS/c1-15(4-6-19(2)7-5-15)10-16-9-12-17-11-3-8-21-13(11)14(20)18-12/h3,8,16H,4-7,9-10H2,1-2H3,(H,17,18,20). The number of thiophene rings is 1. The molecule has 0 unspecified atom stereocenters. The normalized spacial score (nSPS) is 19.1. The summed E-state index contributed by atoms with van der Waals surface area (Å²) in [6, 6.07) is 1.90. The number of hydrogen-bond donors (Lipinski definition) is 2. The molecule has 0 radical (unpaired) electrons. The predicted molar refractivity (Wildman–Crippen MR) is 86.8 cm³/mol. The number of likely N-dealkylation sites (tertiary alicyclic amines) is 1. The van der Waals surface area contributed by atoms with Gasteiger partial charge in [-0.05, 0) is 49.8 Å². The molecule has 1 aliphatic heterocycles. The fraction of sp³-hybridized carbons (Fsp3) is 0.600. The fourth-order valence-electron chi connectivity index (χ4n) is 2.82. The molecule has 0 atom stereocenters. The first-order chi connectivity index (χ1) is 10.1. The molecule has 1 saturated heterocycles. The number of aromatic nitrogens is 2. The number of nitrogens with zero attached hydrogens (tertiary/aromatic N) is 2. The molecule has 2 N–H and O–H groups in total. The Balaban J connectivity index is 1.60. The van der Waals surface area contributed by atoms with Crippen LogP contribution in [-0.2, 0) is 6.54 Å². The van der Waals surface area contributed by atoms with Crippen LogP contribution in [0.4, 0.5) is 0 Å². The van der Waals surface area contributed by atoms with Crippen molar-refractivity contribution in [2.24, 2.45) is 5.41 Å². The van der Waals surface area contributed by atoms with Crippen LogP contribution < -0.4 is 10.9 Å². The summed E-state index contributed by atoms with van der Waals surface area (Å²) >= 11 is 1.44. The highest BCUT2D eigenvalue weighted by Crippen LogP contribution is 2.29. The first-order valence-electron chi connectivity index (χ1n) is 7.41. The summed E-state index contributed by atoms with van der Waals surface area (Å²) in [6.45, 7) is 6.24. The van der Waals surface area contributed by atoms with E-state index in [1.165, 1.54) is 24.2 Å². The number of rotatable bonds is 4. The third-order valence-corrected chi connectivity index (χ3v) is 5.30. The highest BCUT2D eigenvalue weighted by Gasteiger charge is 2.28. The summed E-state index contributed by atoms with van der Waals surface area (Å²) in [5.74, 6) is 0.724. The van der Waals surface area contributed by atoms with Crippen molar-refractivity contribution in [3.05, 3.63) is 27.6 Å². The van der Waals surface area contributed by atoms with Gasteiger partial charge in [-0.2, -0.15) is 0 Å². The van der Waals surface area contributed by atoms with Gasteiger partial charge >= 0.3 is 0 Å². The van der Waals surface area contributed by atoms with Crippen molar-refractivity contribution in [1.82, 2.24) is 20.2 Å². The van der Waals surface area contributed by atoms with Crippen LogP contribution in [0.25, 0.3) is 10.2 Å². The summed E-state index contributed by atoms with van der Waals surface area (Å²) in [5, 5.41) is 5.37. The Morgan fingerprint density at radius 3 is 3.00 bits per heavy atom. The minimum absolute atomic E-state index is 0.0303. The van der Waals surface area contributed by atoms with E-state index < -0.39 is 0 Å². The first-order valence-corrected chi connectivity index (χ1v) is 8.29. The van der Waals surface area contributed by atoms with E-state index in [4.69, 9.17) is 0 Å².